The molecule has 0 heterocycles. The van der Waals surface area contributed by atoms with Gasteiger partial charge in [-0.3, -0.25) is 9.59 Å². The Kier molecular flexibility index (Phi) is 4.50. The van der Waals surface area contributed by atoms with E-state index in [2.05, 4.69) is 5.32 Å². The van der Waals surface area contributed by atoms with E-state index in [0.29, 0.717) is 18.6 Å². The first-order chi connectivity index (χ1) is 9.92. The molecular weight excluding hydrogens is 270 g/mol. The van der Waals surface area contributed by atoms with Gasteiger partial charge in [0.1, 0.15) is 5.75 Å². The van der Waals surface area contributed by atoms with Crippen LogP contribution in [0.4, 0.5) is 0 Å². The molecule has 21 heavy (non-hydrogen) atoms. The van der Waals surface area contributed by atoms with E-state index < -0.39 is 11.5 Å². The van der Waals surface area contributed by atoms with Crippen LogP contribution >= 0.6 is 0 Å². The minimum atomic E-state index is -0.884. The SMILES string of the molecule is Cc1cccc(OCC(=O)NC2(CC(=O)O)CCC2)c1C. The van der Waals surface area contributed by atoms with Crippen molar-refractivity contribution in [1.82, 2.24) is 5.32 Å². The number of carbonyl (C=O) groups excluding carboxylic acids is 1. The molecule has 0 aliphatic heterocycles. The van der Waals surface area contributed by atoms with Gasteiger partial charge >= 0.3 is 5.97 Å². The van der Waals surface area contributed by atoms with Gasteiger partial charge in [0, 0.05) is 0 Å². The maximum absolute atomic E-state index is 12.0. The highest BCUT2D eigenvalue weighted by Gasteiger charge is 2.40. The zero-order valence-corrected chi connectivity index (χ0v) is 12.4. The van der Waals surface area contributed by atoms with Gasteiger partial charge in [0.15, 0.2) is 6.61 Å². The average molecular weight is 291 g/mol. The number of carboxylic acid groups (broad SMARTS) is 1. The van der Waals surface area contributed by atoms with Crippen molar-refractivity contribution in [3.63, 3.8) is 0 Å². The van der Waals surface area contributed by atoms with Crippen molar-refractivity contribution in [3.05, 3.63) is 29.3 Å². The fraction of sp³-hybridized carbons (Fsp3) is 0.500. The summed E-state index contributed by atoms with van der Waals surface area (Å²) in [7, 11) is 0. The second-order valence-electron chi connectivity index (χ2n) is 5.74. The number of rotatable bonds is 6. The van der Waals surface area contributed by atoms with Crippen LogP contribution in [0.5, 0.6) is 5.75 Å². The van der Waals surface area contributed by atoms with E-state index in [1.807, 2.05) is 32.0 Å². The molecule has 114 valence electrons. The highest BCUT2D eigenvalue weighted by atomic mass is 16.5. The third-order valence-corrected chi connectivity index (χ3v) is 4.12. The van der Waals surface area contributed by atoms with Gasteiger partial charge in [0.05, 0.1) is 12.0 Å². The number of amides is 1. The fourth-order valence-electron chi connectivity index (χ4n) is 2.59. The monoisotopic (exact) mass is 291 g/mol. The summed E-state index contributed by atoms with van der Waals surface area (Å²) in [4.78, 5) is 22.8. The average Bonchev–Trinajstić information content (AvgIpc) is 2.37. The molecule has 0 bridgehead atoms. The number of carboxylic acids is 1. The summed E-state index contributed by atoms with van der Waals surface area (Å²) >= 11 is 0. The molecule has 1 aliphatic carbocycles. The van der Waals surface area contributed by atoms with Crippen molar-refractivity contribution in [1.29, 1.82) is 0 Å². The zero-order chi connectivity index (χ0) is 15.5. The van der Waals surface area contributed by atoms with Crippen LogP contribution in [0.15, 0.2) is 18.2 Å². The quantitative estimate of drug-likeness (QED) is 0.842. The van der Waals surface area contributed by atoms with Gasteiger partial charge in [-0.1, -0.05) is 12.1 Å². The predicted octanol–water partition coefficient (Wildman–Crippen LogP) is 2.20. The highest BCUT2D eigenvalue weighted by molar-refractivity contribution is 5.80. The Morgan fingerprint density at radius 2 is 2.05 bits per heavy atom. The lowest BCUT2D eigenvalue weighted by Crippen LogP contribution is -2.55. The topological polar surface area (TPSA) is 75.6 Å². The van der Waals surface area contributed by atoms with Crippen molar-refractivity contribution in [2.75, 3.05) is 6.61 Å². The Bertz CT molecular complexity index is 549. The van der Waals surface area contributed by atoms with Crippen molar-refractivity contribution < 1.29 is 19.4 Å². The molecule has 1 fully saturated rings. The van der Waals surface area contributed by atoms with Crippen molar-refractivity contribution in [2.45, 2.75) is 45.1 Å². The summed E-state index contributed by atoms with van der Waals surface area (Å²) in [6, 6.07) is 5.69. The maximum Gasteiger partial charge on any atom is 0.305 e. The van der Waals surface area contributed by atoms with E-state index in [1.165, 1.54) is 0 Å². The molecule has 5 heteroatoms. The number of aliphatic carboxylic acids is 1. The van der Waals surface area contributed by atoms with E-state index in [4.69, 9.17) is 9.84 Å². The minimum absolute atomic E-state index is 0.0256. The number of benzene rings is 1. The first-order valence-corrected chi connectivity index (χ1v) is 7.14. The van der Waals surface area contributed by atoms with Gasteiger partial charge in [0.2, 0.25) is 0 Å². The summed E-state index contributed by atoms with van der Waals surface area (Å²) in [5.74, 6) is -0.464. The molecule has 1 amide bonds. The van der Waals surface area contributed by atoms with Crippen molar-refractivity contribution >= 4 is 11.9 Å². The summed E-state index contributed by atoms with van der Waals surface area (Å²) in [5.41, 5.74) is 1.54. The molecule has 1 saturated carbocycles. The summed E-state index contributed by atoms with van der Waals surface area (Å²) < 4.78 is 5.54. The Morgan fingerprint density at radius 1 is 1.33 bits per heavy atom. The molecule has 2 rings (SSSR count). The molecule has 1 aromatic carbocycles. The molecule has 5 nitrogen and oxygen atoms in total. The predicted molar refractivity (Wildman–Crippen MR) is 78.4 cm³/mol. The third kappa shape index (κ3) is 3.74. The number of carbonyl (C=O) groups is 2. The van der Waals surface area contributed by atoms with Crippen LogP contribution < -0.4 is 10.1 Å². The molecule has 0 spiro atoms. The number of ether oxygens (including phenoxy) is 1. The maximum atomic E-state index is 12.0. The second-order valence-corrected chi connectivity index (χ2v) is 5.74. The largest absolute Gasteiger partial charge is 0.483 e. The van der Waals surface area contributed by atoms with Gasteiger partial charge < -0.3 is 15.2 Å². The summed E-state index contributed by atoms with van der Waals surface area (Å²) in [5, 5.41) is 11.7. The Labute approximate surface area is 124 Å². The Morgan fingerprint density at radius 3 is 2.62 bits per heavy atom. The van der Waals surface area contributed by atoms with E-state index >= 15 is 0 Å². The Hall–Kier alpha value is -2.04. The zero-order valence-electron chi connectivity index (χ0n) is 12.4. The molecule has 0 atom stereocenters. The van der Waals surface area contributed by atoms with E-state index in [9.17, 15) is 9.59 Å². The molecule has 0 unspecified atom stereocenters. The van der Waals surface area contributed by atoms with E-state index in [0.717, 1.165) is 17.5 Å². The lowest BCUT2D eigenvalue weighted by molar-refractivity contribution is -0.140. The van der Waals surface area contributed by atoms with Crippen LogP contribution in [0.25, 0.3) is 0 Å². The third-order valence-electron chi connectivity index (χ3n) is 4.12. The van der Waals surface area contributed by atoms with Gasteiger partial charge in [-0.05, 0) is 50.3 Å². The molecule has 0 aromatic heterocycles. The van der Waals surface area contributed by atoms with Gasteiger partial charge in [-0.25, -0.2) is 0 Å². The van der Waals surface area contributed by atoms with Gasteiger partial charge in [-0.2, -0.15) is 0 Å². The van der Waals surface area contributed by atoms with Gasteiger partial charge in [0.25, 0.3) is 5.91 Å². The number of nitrogens with one attached hydrogen (secondary N) is 1. The smallest absolute Gasteiger partial charge is 0.305 e. The first-order valence-electron chi connectivity index (χ1n) is 7.14. The highest BCUT2D eigenvalue weighted by Crippen LogP contribution is 2.34. The van der Waals surface area contributed by atoms with E-state index in [1.54, 1.807) is 0 Å². The standard InChI is InChI=1S/C16H21NO4/c1-11-5-3-6-13(12(11)2)21-10-14(18)17-16(7-4-8-16)9-15(19)20/h3,5-6H,4,7-10H2,1-2H3,(H,17,18)(H,19,20). The minimum Gasteiger partial charge on any atom is -0.483 e. The number of aryl methyl sites for hydroxylation is 1. The first kappa shape index (κ1) is 15.4. The molecular formula is C16H21NO4. The van der Waals surface area contributed by atoms with Crippen LogP contribution in [-0.4, -0.2) is 29.1 Å². The number of hydrogen-bond donors (Lipinski definition) is 2. The lowest BCUT2D eigenvalue weighted by atomic mass is 9.74. The lowest BCUT2D eigenvalue weighted by Gasteiger charge is -2.41. The van der Waals surface area contributed by atoms with Crippen molar-refractivity contribution in [3.8, 4) is 5.75 Å². The van der Waals surface area contributed by atoms with Crippen LogP contribution in [0.2, 0.25) is 0 Å². The molecule has 1 aliphatic rings. The van der Waals surface area contributed by atoms with E-state index in [-0.39, 0.29) is 18.9 Å². The Balaban J connectivity index is 1.90. The molecule has 2 N–H and O–H groups in total. The number of hydrogen-bond acceptors (Lipinski definition) is 3. The van der Waals surface area contributed by atoms with Crippen LogP contribution in [0, 0.1) is 13.8 Å². The van der Waals surface area contributed by atoms with Crippen LogP contribution in [0.1, 0.15) is 36.8 Å². The summed E-state index contributed by atoms with van der Waals surface area (Å²) in [6.45, 7) is 3.84. The van der Waals surface area contributed by atoms with Crippen LogP contribution in [0.3, 0.4) is 0 Å². The molecule has 0 saturated heterocycles. The van der Waals surface area contributed by atoms with Gasteiger partial charge in [-0.15, -0.1) is 0 Å². The second kappa shape index (κ2) is 6.16. The normalized spacial score (nSPS) is 15.9. The van der Waals surface area contributed by atoms with Crippen molar-refractivity contribution in [2.24, 2.45) is 0 Å². The fourth-order valence-corrected chi connectivity index (χ4v) is 2.59. The molecule has 0 radical (unpaired) electrons. The summed E-state index contributed by atoms with van der Waals surface area (Å²) in [6.07, 6.45) is 2.36. The molecule has 1 aromatic rings. The van der Waals surface area contributed by atoms with Crippen LogP contribution in [-0.2, 0) is 9.59 Å².